The maximum absolute atomic E-state index is 12.8. The SMILES string of the molecule is C=CCCP(=O)(OCC)Sc1ccc2ccccc2c1. The minimum absolute atomic E-state index is 0.467. The second-order valence-electron chi connectivity index (χ2n) is 4.43. The van der Waals surface area contributed by atoms with Crippen LogP contribution in [0.1, 0.15) is 13.3 Å². The summed E-state index contributed by atoms with van der Waals surface area (Å²) >= 11 is 1.36. The molecule has 0 N–H and O–H groups in total. The molecule has 20 heavy (non-hydrogen) atoms. The molecular weight excluding hydrogens is 287 g/mol. The molecule has 2 rings (SSSR count). The van der Waals surface area contributed by atoms with Gasteiger partial charge in [-0.2, -0.15) is 0 Å². The maximum atomic E-state index is 12.8. The Bertz CT molecular complexity index is 639. The molecular formula is C16H19O2PS. The zero-order chi connectivity index (χ0) is 14.4. The van der Waals surface area contributed by atoms with Crippen molar-refractivity contribution in [1.29, 1.82) is 0 Å². The molecule has 2 nitrogen and oxygen atoms in total. The van der Waals surface area contributed by atoms with Gasteiger partial charge in [-0.1, -0.05) is 36.4 Å². The minimum atomic E-state index is -2.69. The molecule has 0 aliphatic heterocycles. The monoisotopic (exact) mass is 306 g/mol. The highest BCUT2D eigenvalue weighted by Crippen LogP contribution is 2.63. The lowest BCUT2D eigenvalue weighted by Gasteiger charge is -2.16. The molecule has 1 atom stereocenters. The highest BCUT2D eigenvalue weighted by atomic mass is 32.7. The van der Waals surface area contributed by atoms with Crippen LogP contribution in [0.25, 0.3) is 10.8 Å². The third-order valence-corrected chi connectivity index (χ3v) is 7.43. The summed E-state index contributed by atoms with van der Waals surface area (Å²) in [6.07, 6.45) is 3.02. The van der Waals surface area contributed by atoms with Crippen molar-refractivity contribution in [3.8, 4) is 0 Å². The summed E-state index contributed by atoms with van der Waals surface area (Å²) in [5.41, 5.74) is 0. The van der Waals surface area contributed by atoms with Crippen LogP contribution in [0.3, 0.4) is 0 Å². The van der Waals surface area contributed by atoms with E-state index in [0.717, 1.165) is 10.3 Å². The van der Waals surface area contributed by atoms with E-state index in [1.807, 2.05) is 25.1 Å². The van der Waals surface area contributed by atoms with Crippen LogP contribution in [-0.2, 0) is 9.09 Å². The Labute approximate surface area is 124 Å². The van der Waals surface area contributed by atoms with E-state index in [-0.39, 0.29) is 0 Å². The topological polar surface area (TPSA) is 26.3 Å². The van der Waals surface area contributed by atoms with Gasteiger partial charge in [0.05, 0.1) is 6.61 Å². The molecule has 0 aliphatic rings. The van der Waals surface area contributed by atoms with Gasteiger partial charge in [-0.3, -0.25) is 4.57 Å². The normalized spacial score (nSPS) is 14.1. The predicted octanol–water partition coefficient (Wildman–Crippen LogP) is 5.74. The lowest BCUT2D eigenvalue weighted by Crippen LogP contribution is -1.91. The highest BCUT2D eigenvalue weighted by Gasteiger charge is 2.23. The Kier molecular flexibility index (Phi) is 5.47. The Morgan fingerprint density at radius 3 is 2.70 bits per heavy atom. The molecule has 2 aromatic rings. The van der Waals surface area contributed by atoms with Gasteiger partial charge < -0.3 is 4.52 Å². The molecule has 0 radical (unpaired) electrons. The zero-order valence-corrected chi connectivity index (χ0v) is 13.3. The van der Waals surface area contributed by atoms with E-state index in [2.05, 4.69) is 30.8 Å². The molecule has 0 spiro atoms. The van der Waals surface area contributed by atoms with Crippen molar-refractivity contribution in [2.75, 3.05) is 12.8 Å². The molecule has 2 aromatic carbocycles. The van der Waals surface area contributed by atoms with Crippen LogP contribution in [0.2, 0.25) is 0 Å². The first-order valence-electron chi connectivity index (χ1n) is 6.70. The number of hydrogen-bond acceptors (Lipinski definition) is 3. The predicted molar refractivity (Wildman–Crippen MR) is 88.7 cm³/mol. The van der Waals surface area contributed by atoms with Crippen molar-refractivity contribution in [2.24, 2.45) is 0 Å². The fourth-order valence-corrected chi connectivity index (χ4v) is 6.13. The van der Waals surface area contributed by atoms with E-state index < -0.39 is 6.57 Å². The summed E-state index contributed by atoms with van der Waals surface area (Å²) in [6.45, 7) is 3.34. The largest absolute Gasteiger partial charge is 0.321 e. The van der Waals surface area contributed by atoms with Crippen LogP contribution < -0.4 is 0 Å². The quantitative estimate of drug-likeness (QED) is 0.482. The van der Waals surface area contributed by atoms with Crippen LogP contribution in [-0.4, -0.2) is 12.8 Å². The van der Waals surface area contributed by atoms with E-state index in [4.69, 9.17) is 4.52 Å². The van der Waals surface area contributed by atoms with Crippen LogP contribution >= 0.6 is 18.0 Å². The molecule has 0 bridgehead atoms. The van der Waals surface area contributed by atoms with E-state index in [0.29, 0.717) is 19.2 Å². The summed E-state index contributed by atoms with van der Waals surface area (Å²) in [7, 11) is 0. The fraction of sp³-hybridized carbons (Fsp3) is 0.250. The first-order chi connectivity index (χ1) is 9.67. The second-order valence-corrected chi connectivity index (χ2v) is 9.23. The van der Waals surface area contributed by atoms with Crippen LogP contribution in [0.5, 0.6) is 0 Å². The summed E-state index contributed by atoms with van der Waals surface area (Å²) in [6, 6.07) is 14.3. The van der Waals surface area contributed by atoms with E-state index in [1.165, 1.54) is 16.8 Å². The van der Waals surface area contributed by atoms with Gasteiger partial charge in [-0.05, 0) is 47.6 Å². The zero-order valence-electron chi connectivity index (χ0n) is 11.6. The number of hydrogen-bond donors (Lipinski definition) is 0. The molecule has 106 valence electrons. The Morgan fingerprint density at radius 2 is 2.00 bits per heavy atom. The summed E-state index contributed by atoms with van der Waals surface area (Å²) in [5, 5.41) is 2.35. The molecule has 0 heterocycles. The smallest absolute Gasteiger partial charge is 0.262 e. The number of rotatable bonds is 7. The summed E-state index contributed by atoms with van der Waals surface area (Å²) in [4.78, 5) is 0.990. The molecule has 4 heteroatoms. The number of allylic oxidation sites excluding steroid dienone is 1. The van der Waals surface area contributed by atoms with Gasteiger partial charge in [-0.25, -0.2) is 0 Å². The Hall–Kier alpha value is -1.02. The van der Waals surface area contributed by atoms with Crippen LogP contribution in [0.4, 0.5) is 0 Å². The third-order valence-electron chi connectivity index (χ3n) is 2.90. The van der Waals surface area contributed by atoms with Gasteiger partial charge in [0.2, 0.25) is 0 Å². The lowest BCUT2D eigenvalue weighted by atomic mass is 10.1. The first kappa shape index (κ1) is 15.4. The molecule has 0 saturated heterocycles. The van der Waals surface area contributed by atoms with Crippen molar-refractivity contribution in [3.63, 3.8) is 0 Å². The molecule has 1 unspecified atom stereocenters. The van der Waals surface area contributed by atoms with Crippen molar-refractivity contribution in [1.82, 2.24) is 0 Å². The van der Waals surface area contributed by atoms with Gasteiger partial charge in [0.1, 0.15) is 0 Å². The van der Waals surface area contributed by atoms with Gasteiger partial charge in [0.25, 0.3) is 6.57 Å². The number of fused-ring (bicyclic) bond motifs is 1. The molecule has 0 aromatic heterocycles. The molecule has 0 saturated carbocycles. The lowest BCUT2D eigenvalue weighted by molar-refractivity contribution is 0.346. The van der Waals surface area contributed by atoms with Gasteiger partial charge in [0, 0.05) is 11.1 Å². The van der Waals surface area contributed by atoms with Crippen molar-refractivity contribution >= 4 is 28.7 Å². The average Bonchev–Trinajstić information content (AvgIpc) is 2.45. The van der Waals surface area contributed by atoms with Gasteiger partial charge >= 0.3 is 0 Å². The van der Waals surface area contributed by atoms with Crippen LogP contribution in [0.15, 0.2) is 60.0 Å². The van der Waals surface area contributed by atoms with Gasteiger partial charge in [0.15, 0.2) is 0 Å². The van der Waals surface area contributed by atoms with Crippen molar-refractivity contribution in [3.05, 3.63) is 55.1 Å². The van der Waals surface area contributed by atoms with E-state index >= 15 is 0 Å². The van der Waals surface area contributed by atoms with Gasteiger partial charge in [-0.15, -0.1) is 6.58 Å². The van der Waals surface area contributed by atoms with E-state index in [1.54, 1.807) is 6.08 Å². The highest BCUT2D eigenvalue weighted by molar-refractivity contribution is 8.56. The molecule has 0 amide bonds. The average molecular weight is 306 g/mol. The Balaban J connectivity index is 2.23. The third kappa shape index (κ3) is 3.99. The first-order valence-corrected chi connectivity index (χ1v) is 9.93. The number of benzene rings is 2. The van der Waals surface area contributed by atoms with E-state index in [9.17, 15) is 4.57 Å². The second kappa shape index (κ2) is 7.12. The van der Waals surface area contributed by atoms with Crippen LogP contribution in [0, 0.1) is 0 Å². The fourth-order valence-electron chi connectivity index (χ4n) is 1.97. The summed E-state index contributed by atoms with van der Waals surface area (Å²) < 4.78 is 18.3. The Morgan fingerprint density at radius 1 is 1.25 bits per heavy atom. The van der Waals surface area contributed by atoms with Crippen molar-refractivity contribution in [2.45, 2.75) is 18.2 Å². The molecule has 0 aliphatic carbocycles. The molecule has 0 fully saturated rings. The maximum Gasteiger partial charge on any atom is 0.262 e. The summed E-state index contributed by atoms with van der Waals surface area (Å²) in [5.74, 6) is 0. The van der Waals surface area contributed by atoms with Crippen molar-refractivity contribution < 1.29 is 9.09 Å². The standard InChI is InChI=1S/C16H19O2PS/c1-3-5-12-19(17,18-4-2)20-16-11-10-14-8-6-7-9-15(14)13-16/h3,6-11,13H,1,4-5,12H2,2H3. The minimum Gasteiger partial charge on any atom is -0.321 e.